The van der Waals surface area contributed by atoms with E-state index < -0.39 is 0 Å². The second-order valence-corrected chi connectivity index (χ2v) is 5.79. The summed E-state index contributed by atoms with van der Waals surface area (Å²) in [5, 5.41) is 0.0591. The number of Topliss-reactive ketones (excluding diaryl/α,β-unsaturated/α-hetero) is 1. The van der Waals surface area contributed by atoms with E-state index in [4.69, 9.17) is 7.85 Å². The van der Waals surface area contributed by atoms with Crippen molar-refractivity contribution in [2.75, 3.05) is 0 Å². The quantitative estimate of drug-likeness (QED) is 0.599. The predicted octanol–water partition coefficient (Wildman–Crippen LogP) is 3.14. The van der Waals surface area contributed by atoms with Crippen molar-refractivity contribution in [3.8, 4) is 0 Å². The summed E-state index contributed by atoms with van der Waals surface area (Å²) in [6.07, 6.45) is 6.88. The monoisotopic (exact) mass is 204 g/mol. The zero-order chi connectivity index (χ0) is 11.1. The van der Waals surface area contributed by atoms with Crippen molar-refractivity contribution in [3.05, 3.63) is 0 Å². The molecule has 2 heteroatoms. The van der Waals surface area contributed by atoms with E-state index in [0.717, 1.165) is 19.3 Å². The van der Waals surface area contributed by atoms with Crippen LogP contribution in [0.3, 0.4) is 0 Å². The van der Waals surface area contributed by atoms with E-state index in [2.05, 4.69) is 6.92 Å². The number of fused-ring (bicyclic) bond motifs is 1. The molecule has 0 aliphatic heterocycles. The second-order valence-electron chi connectivity index (χ2n) is 5.79. The topological polar surface area (TPSA) is 17.1 Å². The van der Waals surface area contributed by atoms with Gasteiger partial charge in [0.1, 0.15) is 5.78 Å². The zero-order valence-electron chi connectivity index (χ0n) is 9.96. The molecule has 2 fully saturated rings. The van der Waals surface area contributed by atoms with Gasteiger partial charge in [0.25, 0.3) is 0 Å². The molecule has 2 radical (unpaired) electrons. The Hall–Kier alpha value is -0.265. The van der Waals surface area contributed by atoms with Crippen LogP contribution in [-0.4, -0.2) is 13.6 Å². The van der Waals surface area contributed by atoms with Crippen LogP contribution in [0.25, 0.3) is 0 Å². The molecule has 0 aromatic carbocycles. The molecule has 2 aliphatic rings. The molecule has 2 saturated carbocycles. The van der Waals surface area contributed by atoms with E-state index in [-0.39, 0.29) is 5.31 Å². The summed E-state index contributed by atoms with van der Waals surface area (Å²) in [5.74, 6) is 1.97. The van der Waals surface area contributed by atoms with Gasteiger partial charge in [-0.1, -0.05) is 37.9 Å². The van der Waals surface area contributed by atoms with E-state index in [1.807, 2.05) is 0 Å². The molecule has 0 N–H and O–H groups in total. The Kier molecular flexibility index (Phi) is 2.96. The van der Waals surface area contributed by atoms with Gasteiger partial charge in [-0.25, -0.2) is 0 Å². The average Bonchev–Trinajstić information content (AvgIpc) is 2.17. The van der Waals surface area contributed by atoms with Crippen LogP contribution in [0.5, 0.6) is 0 Å². The number of hydrogen-bond acceptors (Lipinski definition) is 1. The number of carbonyl (C=O) groups excluding carboxylic acids is 1. The Morgan fingerprint density at radius 1 is 1.33 bits per heavy atom. The first kappa shape index (κ1) is 11.2. The first-order valence-corrected chi connectivity index (χ1v) is 6.32. The van der Waals surface area contributed by atoms with Crippen LogP contribution in [0, 0.1) is 17.8 Å². The maximum atomic E-state index is 11.4. The molecule has 4 atom stereocenters. The van der Waals surface area contributed by atoms with Gasteiger partial charge in [-0.15, -0.1) is 0 Å². The molecule has 2 rings (SSSR count). The molecule has 1 unspecified atom stereocenters. The Morgan fingerprint density at radius 3 is 2.73 bits per heavy atom. The Morgan fingerprint density at radius 2 is 2.07 bits per heavy atom. The van der Waals surface area contributed by atoms with Crippen LogP contribution in [0.4, 0.5) is 0 Å². The van der Waals surface area contributed by atoms with Crippen LogP contribution in [0.1, 0.15) is 52.4 Å². The highest BCUT2D eigenvalue weighted by atomic mass is 16.1. The number of carbonyl (C=O) groups is 1. The van der Waals surface area contributed by atoms with Crippen LogP contribution in [0.15, 0.2) is 0 Å². The molecule has 2 aliphatic carbocycles. The first-order valence-electron chi connectivity index (χ1n) is 6.32. The summed E-state index contributed by atoms with van der Waals surface area (Å²) in [4.78, 5) is 11.4. The van der Waals surface area contributed by atoms with Gasteiger partial charge in [0, 0.05) is 5.92 Å². The molecule has 0 spiro atoms. The summed E-state index contributed by atoms with van der Waals surface area (Å²) in [6.45, 7) is 4.05. The maximum Gasteiger partial charge on any atom is 0.132 e. The minimum absolute atomic E-state index is 0.0591. The van der Waals surface area contributed by atoms with Crippen molar-refractivity contribution in [1.29, 1.82) is 0 Å². The minimum Gasteiger partial charge on any atom is -0.300 e. The van der Waals surface area contributed by atoms with Crippen LogP contribution in [-0.2, 0) is 4.79 Å². The molecule has 0 heterocycles. The van der Waals surface area contributed by atoms with Gasteiger partial charge < -0.3 is 0 Å². The SMILES string of the molecule is [B][C@]12CCC[C@@H](C)[C@@H]1CC(C(C)=O)CC2. The summed E-state index contributed by atoms with van der Waals surface area (Å²) >= 11 is 0. The summed E-state index contributed by atoms with van der Waals surface area (Å²) in [5.41, 5.74) is 0. The van der Waals surface area contributed by atoms with Gasteiger partial charge in [-0.3, -0.25) is 4.79 Å². The van der Waals surface area contributed by atoms with Gasteiger partial charge >= 0.3 is 0 Å². The van der Waals surface area contributed by atoms with Gasteiger partial charge in [-0.05, 0) is 31.6 Å². The van der Waals surface area contributed by atoms with E-state index in [1.54, 1.807) is 6.92 Å². The summed E-state index contributed by atoms with van der Waals surface area (Å²) in [6, 6.07) is 0. The predicted molar refractivity (Wildman–Crippen MR) is 63.0 cm³/mol. The van der Waals surface area contributed by atoms with Gasteiger partial charge in [-0.2, -0.15) is 0 Å². The smallest absolute Gasteiger partial charge is 0.132 e. The van der Waals surface area contributed by atoms with Gasteiger partial charge in [0.05, 0.1) is 7.85 Å². The van der Waals surface area contributed by atoms with E-state index >= 15 is 0 Å². The van der Waals surface area contributed by atoms with Crippen molar-refractivity contribution in [2.45, 2.75) is 57.7 Å². The van der Waals surface area contributed by atoms with Crippen LogP contribution < -0.4 is 0 Å². The van der Waals surface area contributed by atoms with Crippen molar-refractivity contribution in [2.24, 2.45) is 17.8 Å². The maximum absolute atomic E-state index is 11.4. The largest absolute Gasteiger partial charge is 0.300 e. The molecule has 0 amide bonds. The van der Waals surface area contributed by atoms with Crippen molar-refractivity contribution in [3.63, 3.8) is 0 Å². The molecule has 15 heavy (non-hydrogen) atoms. The van der Waals surface area contributed by atoms with Crippen LogP contribution in [0.2, 0.25) is 5.31 Å². The third kappa shape index (κ3) is 2.00. The van der Waals surface area contributed by atoms with E-state index in [1.165, 1.54) is 19.3 Å². The van der Waals surface area contributed by atoms with E-state index in [9.17, 15) is 4.79 Å². The van der Waals surface area contributed by atoms with Gasteiger partial charge in [0.2, 0.25) is 0 Å². The fraction of sp³-hybridized carbons (Fsp3) is 0.923. The third-order valence-electron chi connectivity index (χ3n) is 4.80. The number of hydrogen-bond donors (Lipinski definition) is 0. The summed E-state index contributed by atoms with van der Waals surface area (Å²) in [7, 11) is 6.51. The molecule has 0 bridgehead atoms. The van der Waals surface area contributed by atoms with Gasteiger partial charge in [0.15, 0.2) is 0 Å². The minimum atomic E-state index is 0.0591. The second kappa shape index (κ2) is 3.95. The average molecular weight is 204 g/mol. The molecule has 82 valence electrons. The fourth-order valence-electron chi connectivity index (χ4n) is 3.72. The zero-order valence-corrected chi connectivity index (χ0v) is 9.96. The standard InChI is InChI=1S/C13H21BO/c1-9-4-3-6-13(14)7-5-11(10(2)15)8-12(9)13/h9,11-12H,3-8H2,1-2H3/t9-,11?,12+,13+/m1/s1. The summed E-state index contributed by atoms with van der Waals surface area (Å²) < 4.78 is 0. The Bertz CT molecular complexity index is 263. The van der Waals surface area contributed by atoms with E-state index in [0.29, 0.717) is 23.5 Å². The lowest BCUT2D eigenvalue weighted by molar-refractivity contribution is -0.123. The first-order chi connectivity index (χ1) is 7.03. The van der Waals surface area contributed by atoms with Crippen molar-refractivity contribution < 1.29 is 4.79 Å². The lowest BCUT2D eigenvalue weighted by atomic mass is 9.46. The number of ketones is 1. The molecule has 1 nitrogen and oxygen atoms in total. The van der Waals surface area contributed by atoms with Crippen LogP contribution >= 0.6 is 0 Å². The lowest BCUT2D eigenvalue weighted by Gasteiger charge is -2.51. The molecule has 0 saturated heterocycles. The third-order valence-corrected chi connectivity index (χ3v) is 4.80. The number of rotatable bonds is 1. The Labute approximate surface area is 94.4 Å². The molecule has 0 aromatic rings. The Balaban J connectivity index is 2.12. The molecular formula is C13H21BO. The van der Waals surface area contributed by atoms with Crippen molar-refractivity contribution in [1.82, 2.24) is 0 Å². The highest BCUT2D eigenvalue weighted by molar-refractivity contribution is 6.15. The normalized spacial score (nSPS) is 45.9. The molecular weight excluding hydrogens is 183 g/mol. The lowest BCUT2D eigenvalue weighted by Crippen LogP contribution is -2.39. The fourth-order valence-corrected chi connectivity index (χ4v) is 3.72. The molecule has 0 aromatic heterocycles. The highest BCUT2D eigenvalue weighted by Crippen LogP contribution is 2.57. The van der Waals surface area contributed by atoms with Crippen molar-refractivity contribution >= 4 is 13.6 Å². The highest BCUT2D eigenvalue weighted by Gasteiger charge is 2.44.